The van der Waals surface area contributed by atoms with Crippen molar-refractivity contribution in [3.05, 3.63) is 235 Å². The highest BCUT2D eigenvalue weighted by atomic mass is 16.5. The lowest BCUT2D eigenvalue weighted by atomic mass is 9.66. The van der Waals surface area contributed by atoms with Gasteiger partial charge in [-0.1, -0.05) is 170 Å². The summed E-state index contributed by atoms with van der Waals surface area (Å²) in [6, 6.07) is 76.1. The zero-order valence-corrected chi connectivity index (χ0v) is 30.6. The molecule has 1 spiro atoms. The van der Waals surface area contributed by atoms with Crippen LogP contribution in [0.4, 0.5) is 0 Å². The van der Waals surface area contributed by atoms with E-state index in [0.29, 0.717) is 0 Å². The van der Waals surface area contributed by atoms with E-state index in [0.717, 1.165) is 67.4 Å². The number of hydrogen-bond donors (Lipinski definition) is 0. The van der Waals surface area contributed by atoms with Gasteiger partial charge < -0.3 is 4.74 Å². The van der Waals surface area contributed by atoms with E-state index in [1.165, 1.54) is 33.4 Å². The molecule has 0 atom stereocenters. The molecule has 0 fully saturated rings. The van der Waals surface area contributed by atoms with Crippen LogP contribution in [0.2, 0.25) is 0 Å². The van der Waals surface area contributed by atoms with Gasteiger partial charge in [0.2, 0.25) is 0 Å². The fourth-order valence-electron chi connectivity index (χ4n) is 9.10. The van der Waals surface area contributed by atoms with Crippen LogP contribution >= 0.6 is 0 Å². The molecule has 0 bridgehead atoms. The van der Waals surface area contributed by atoms with E-state index >= 15 is 0 Å². The molecule has 2 nitrogen and oxygen atoms in total. The number of ether oxygens (including phenoxy) is 1. The molecule has 11 rings (SSSR count). The molecular weight excluding hydrogens is 679 g/mol. The van der Waals surface area contributed by atoms with Gasteiger partial charge in [0.1, 0.15) is 11.5 Å². The summed E-state index contributed by atoms with van der Waals surface area (Å²) >= 11 is 0. The lowest BCUT2D eigenvalue weighted by molar-refractivity contribution is 0.436. The van der Waals surface area contributed by atoms with Crippen molar-refractivity contribution in [2.75, 3.05) is 0 Å². The summed E-state index contributed by atoms with van der Waals surface area (Å²) in [6.07, 6.45) is 0. The molecule has 2 heterocycles. The number of nitrogens with zero attached hydrogens (tertiary/aromatic N) is 1. The molecule has 1 aliphatic heterocycles. The SMILES string of the molecule is c1ccc(-c2cc(-c3ccccc3)cc(-c3cc(-c4ccccc4)cc(-c4cccc5c4-c4ccccc4C54c5ccccc5Oc5ccccc54)n3)c2)cc1. The van der Waals surface area contributed by atoms with Crippen LogP contribution in [-0.4, -0.2) is 4.98 Å². The van der Waals surface area contributed by atoms with Crippen molar-refractivity contribution in [2.24, 2.45) is 0 Å². The van der Waals surface area contributed by atoms with Gasteiger partial charge in [0, 0.05) is 22.3 Å². The Morgan fingerprint density at radius 2 is 0.732 bits per heavy atom. The normalized spacial score (nSPS) is 12.9. The second-order valence-electron chi connectivity index (χ2n) is 14.6. The molecule has 262 valence electrons. The third-order valence-electron chi connectivity index (χ3n) is 11.5. The largest absolute Gasteiger partial charge is 0.457 e. The third kappa shape index (κ3) is 5.00. The first kappa shape index (κ1) is 32.2. The molecular formula is C54H35NO. The molecule has 0 unspecified atom stereocenters. The van der Waals surface area contributed by atoms with E-state index in [4.69, 9.17) is 9.72 Å². The Morgan fingerprint density at radius 1 is 0.304 bits per heavy atom. The summed E-state index contributed by atoms with van der Waals surface area (Å²) in [5.41, 5.74) is 17.6. The Balaban J connectivity index is 1.19. The zero-order valence-electron chi connectivity index (χ0n) is 30.6. The lowest BCUT2D eigenvalue weighted by Gasteiger charge is -2.39. The minimum atomic E-state index is -0.554. The summed E-state index contributed by atoms with van der Waals surface area (Å²) in [5.74, 6) is 1.77. The molecule has 8 aromatic carbocycles. The van der Waals surface area contributed by atoms with E-state index in [-0.39, 0.29) is 0 Å². The number of benzene rings is 8. The van der Waals surface area contributed by atoms with Crippen LogP contribution in [0.25, 0.3) is 67.0 Å². The van der Waals surface area contributed by atoms with Gasteiger partial charge in [-0.25, -0.2) is 4.98 Å². The molecule has 2 aliphatic rings. The second-order valence-corrected chi connectivity index (χ2v) is 14.6. The van der Waals surface area contributed by atoms with Crippen molar-refractivity contribution in [2.45, 2.75) is 5.41 Å². The number of aromatic nitrogens is 1. The first-order chi connectivity index (χ1) is 27.8. The fourth-order valence-corrected chi connectivity index (χ4v) is 9.10. The van der Waals surface area contributed by atoms with Crippen molar-refractivity contribution in [1.82, 2.24) is 4.98 Å². The molecule has 0 N–H and O–H groups in total. The topological polar surface area (TPSA) is 22.1 Å². The van der Waals surface area contributed by atoms with Crippen LogP contribution in [0.3, 0.4) is 0 Å². The molecule has 0 radical (unpaired) electrons. The molecule has 0 saturated heterocycles. The third-order valence-corrected chi connectivity index (χ3v) is 11.5. The molecule has 0 amide bonds. The Labute approximate surface area is 327 Å². The molecule has 56 heavy (non-hydrogen) atoms. The van der Waals surface area contributed by atoms with E-state index in [1.54, 1.807) is 0 Å². The van der Waals surface area contributed by atoms with Crippen LogP contribution in [0.1, 0.15) is 22.3 Å². The molecule has 2 heteroatoms. The maximum absolute atomic E-state index is 6.61. The first-order valence-electron chi connectivity index (χ1n) is 19.2. The predicted octanol–water partition coefficient (Wildman–Crippen LogP) is 13.9. The Hall–Kier alpha value is -7.29. The van der Waals surface area contributed by atoms with Crippen molar-refractivity contribution < 1.29 is 4.74 Å². The summed E-state index contributed by atoms with van der Waals surface area (Å²) in [7, 11) is 0. The van der Waals surface area contributed by atoms with Crippen molar-refractivity contribution in [3.8, 4) is 78.5 Å². The van der Waals surface area contributed by atoms with Crippen molar-refractivity contribution in [1.29, 1.82) is 0 Å². The fraction of sp³-hybridized carbons (Fsp3) is 0.0185. The van der Waals surface area contributed by atoms with Gasteiger partial charge >= 0.3 is 0 Å². The first-order valence-corrected chi connectivity index (χ1v) is 19.2. The maximum atomic E-state index is 6.61. The van der Waals surface area contributed by atoms with Crippen LogP contribution in [0, 0.1) is 0 Å². The predicted molar refractivity (Wildman–Crippen MR) is 229 cm³/mol. The Bertz CT molecular complexity index is 2830. The average molecular weight is 714 g/mol. The second kappa shape index (κ2) is 12.9. The monoisotopic (exact) mass is 713 g/mol. The highest BCUT2D eigenvalue weighted by Gasteiger charge is 2.51. The molecule has 1 aliphatic carbocycles. The van der Waals surface area contributed by atoms with Crippen LogP contribution < -0.4 is 4.74 Å². The number of fused-ring (bicyclic) bond motifs is 9. The summed E-state index contributed by atoms with van der Waals surface area (Å²) in [4.78, 5) is 5.62. The number of pyridine rings is 1. The summed E-state index contributed by atoms with van der Waals surface area (Å²) in [6.45, 7) is 0. The molecule has 0 saturated carbocycles. The lowest BCUT2D eigenvalue weighted by Crippen LogP contribution is -2.32. The van der Waals surface area contributed by atoms with Crippen LogP contribution in [0.5, 0.6) is 11.5 Å². The summed E-state index contributed by atoms with van der Waals surface area (Å²) < 4.78 is 6.61. The van der Waals surface area contributed by atoms with Crippen LogP contribution in [-0.2, 0) is 5.41 Å². The maximum Gasteiger partial charge on any atom is 0.132 e. The minimum absolute atomic E-state index is 0.554. The van der Waals surface area contributed by atoms with Gasteiger partial charge in [0.25, 0.3) is 0 Å². The van der Waals surface area contributed by atoms with Crippen LogP contribution in [0.15, 0.2) is 212 Å². The molecule has 1 aromatic heterocycles. The van der Waals surface area contributed by atoms with E-state index < -0.39 is 5.41 Å². The van der Waals surface area contributed by atoms with E-state index in [1.807, 2.05) is 0 Å². The number of rotatable bonds is 5. The van der Waals surface area contributed by atoms with Gasteiger partial charge in [0.15, 0.2) is 0 Å². The van der Waals surface area contributed by atoms with E-state index in [2.05, 4.69) is 212 Å². The van der Waals surface area contributed by atoms with Gasteiger partial charge in [-0.15, -0.1) is 0 Å². The average Bonchev–Trinajstić information content (AvgIpc) is 3.58. The van der Waals surface area contributed by atoms with Gasteiger partial charge in [0.05, 0.1) is 16.8 Å². The minimum Gasteiger partial charge on any atom is -0.457 e. The van der Waals surface area contributed by atoms with Gasteiger partial charge in [-0.2, -0.15) is 0 Å². The standard InChI is InChI=1S/C54H35NO/c1-4-17-36(18-5-1)39-31-40(37-19-6-2-7-20-37)33-42(32-39)49-34-41(38-21-8-3-9-22-38)35-50(55-49)44-24-16-28-48-53(44)43-23-10-11-25-45(43)54(48)46-26-12-14-29-51(46)56-52-30-15-13-27-47(52)54/h1-35H. The Kier molecular flexibility index (Phi) is 7.43. The highest BCUT2D eigenvalue weighted by Crippen LogP contribution is 2.63. The molecule has 9 aromatic rings. The quantitative estimate of drug-likeness (QED) is 0.177. The zero-order chi connectivity index (χ0) is 37.1. The number of hydrogen-bond acceptors (Lipinski definition) is 2. The number of para-hydroxylation sites is 2. The van der Waals surface area contributed by atoms with Gasteiger partial charge in [-0.05, 0) is 98.1 Å². The summed E-state index contributed by atoms with van der Waals surface area (Å²) in [5, 5.41) is 0. The highest BCUT2D eigenvalue weighted by molar-refractivity contribution is 5.97. The van der Waals surface area contributed by atoms with Crippen molar-refractivity contribution >= 4 is 0 Å². The van der Waals surface area contributed by atoms with Gasteiger partial charge in [-0.3, -0.25) is 0 Å². The smallest absolute Gasteiger partial charge is 0.132 e. The Morgan fingerprint density at radius 3 is 1.32 bits per heavy atom. The van der Waals surface area contributed by atoms with E-state index in [9.17, 15) is 0 Å². The van der Waals surface area contributed by atoms with Crippen molar-refractivity contribution in [3.63, 3.8) is 0 Å².